The van der Waals surface area contributed by atoms with Crippen molar-refractivity contribution < 1.29 is 0 Å². The predicted molar refractivity (Wildman–Crippen MR) is 72.6 cm³/mol. The standard InChI is InChI=1S/C10H8ClN3S2/c11-6-1-2-7-8(5-6)16-10(13-7)14-4-3-12-9(14)15/h1-2,5H,3-4H2,(H,12,15). The molecule has 6 heteroatoms. The lowest BCUT2D eigenvalue weighted by molar-refractivity contribution is 0.973. The van der Waals surface area contributed by atoms with Crippen LogP contribution in [0.1, 0.15) is 0 Å². The Balaban J connectivity index is 2.08. The van der Waals surface area contributed by atoms with Gasteiger partial charge >= 0.3 is 0 Å². The summed E-state index contributed by atoms with van der Waals surface area (Å²) in [6, 6.07) is 5.72. The number of hydrogen-bond donors (Lipinski definition) is 1. The van der Waals surface area contributed by atoms with Gasteiger partial charge in [0.25, 0.3) is 0 Å². The Labute approximate surface area is 107 Å². The molecule has 0 amide bonds. The summed E-state index contributed by atoms with van der Waals surface area (Å²) < 4.78 is 1.09. The molecule has 0 bridgehead atoms. The Kier molecular flexibility index (Phi) is 2.46. The summed E-state index contributed by atoms with van der Waals surface area (Å²) >= 11 is 12.8. The van der Waals surface area contributed by atoms with E-state index >= 15 is 0 Å². The van der Waals surface area contributed by atoms with Crippen LogP contribution in [-0.4, -0.2) is 23.2 Å². The van der Waals surface area contributed by atoms with E-state index in [4.69, 9.17) is 23.8 Å². The number of benzene rings is 1. The maximum absolute atomic E-state index is 5.94. The minimum absolute atomic E-state index is 0.741. The van der Waals surface area contributed by atoms with Crippen molar-refractivity contribution in [3.05, 3.63) is 23.2 Å². The molecule has 1 aliphatic heterocycles. The number of aromatic nitrogens is 1. The van der Waals surface area contributed by atoms with Crippen molar-refractivity contribution in [2.75, 3.05) is 18.0 Å². The lowest BCUT2D eigenvalue weighted by atomic mass is 10.3. The molecule has 1 fully saturated rings. The zero-order valence-electron chi connectivity index (χ0n) is 8.24. The van der Waals surface area contributed by atoms with Gasteiger partial charge in [-0.15, -0.1) is 0 Å². The number of rotatable bonds is 1. The summed E-state index contributed by atoms with van der Waals surface area (Å²) in [6.07, 6.45) is 0. The van der Waals surface area contributed by atoms with Gasteiger partial charge in [-0.05, 0) is 30.4 Å². The van der Waals surface area contributed by atoms with Crippen LogP contribution >= 0.6 is 35.2 Å². The summed E-state index contributed by atoms with van der Waals surface area (Å²) in [5.74, 6) is 0. The van der Waals surface area contributed by atoms with Gasteiger partial charge in [-0.1, -0.05) is 22.9 Å². The Hall–Kier alpha value is -0.910. The van der Waals surface area contributed by atoms with Crippen LogP contribution in [0, 0.1) is 0 Å². The van der Waals surface area contributed by atoms with Crippen LogP contribution in [0.25, 0.3) is 10.2 Å². The molecule has 82 valence electrons. The molecule has 1 N–H and O–H groups in total. The van der Waals surface area contributed by atoms with Gasteiger partial charge in [0.1, 0.15) is 0 Å². The van der Waals surface area contributed by atoms with E-state index in [0.717, 1.165) is 38.6 Å². The van der Waals surface area contributed by atoms with Crippen LogP contribution in [0.3, 0.4) is 0 Å². The van der Waals surface area contributed by atoms with E-state index in [-0.39, 0.29) is 0 Å². The second-order valence-corrected chi connectivity index (χ2v) is 5.32. The lowest BCUT2D eigenvalue weighted by Gasteiger charge is -2.11. The molecular formula is C10H8ClN3S2. The molecule has 1 aromatic heterocycles. The smallest absolute Gasteiger partial charge is 0.192 e. The second-order valence-electron chi connectivity index (χ2n) is 3.49. The van der Waals surface area contributed by atoms with Crippen LogP contribution in [0.4, 0.5) is 5.13 Å². The third kappa shape index (κ3) is 1.65. The predicted octanol–water partition coefficient (Wildman–Crippen LogP) is 2.64. The van der Waals surface area contributed by atoms with Crippen LogP contribution in [0.15, 0.2) is 18.2 Å². The first kappa shape index (κ1) is 10.3. The summed E-state index contributed by atoms with van der Waals surface area (Å²) in [4.78, 5) is 6.57. The quantitative estimate of drug-likeness (QED) is 0.806. The summed E-state index contributed by atoms with van der Waals surface area (Å²) in [6.45, 7) is 1.77. The number of nitrogens with zero attached hydrogens (tertiary/aromatic N) is 2. The van der Waals surface area contributed by atoms with Crippen molar-refractivity contribution >= 4 is 55.6 Å². The molecule has 1 aromatic carbocycles. The molecule has 16 heavy (non-hydrogen) atoms. The molecule has 0 unspecified atom stereocenters. The SMILES string of the molecule is S=C1NCCN1c1nc2ccc(Cl)cc2s1. The van der Waals surface area contributed by atoms with Crippen LogP contribution < -0.4 is 10.2 Å². The van der Waals surface area contributed by atoms with E-state index in [1.54, 1.807) is 11.3 Å². The highest BCUT2D eigenvalue weighted by Crippen LogP contribution is 2.31. The minimum atomic E-state index is 0.741. The van der Waals surface area contributed by atoms with Crippen molar-refractivity contribution in [2.24, 2.45) is 0 Å². The highest BCUT2D eigenvalue weighted by molar-refractivity contribution is 7.80. The van der Waals surface area contributed by atoms with Gasteiger partial charge in [0, 0.05) is 18.1 Å². The molecule has 1 saturated heterocycles. The third-order valence-electron chi connectivity index (χ3n) is 2.43. The Morgan fingerprint density at radius 3 is 3.12 bits per heavy atom. The molecule has 3 nitrogen and oxygen atoms in total. The van der Waals surface area contributed by atoms with Crippen molar-refractivity contribution in [3.8, 4) is 0 Å². The maximum atomic E-state index is 5.94. The Morgan fingerprint density at radius 2 is 2.38 bits per heavy atom. The van der Waals surface area contributed by atoms with E-state index < -0.39 is 0 Å². The van der Waals surface area contributed by atoms with Crippen molar-refractivity contribution in [2.45, 2.75) is 0 Å². The van der Waals surface area contributed by atoms with Crippen molar-refractivity contribution in [3.63, 3.8) is 0 Å². The van der Waals surface area contributed by atoms with Crippen molar-refractivity contribution in [1.82, 2.24) is 10.3 Å². The zero-order valence-corrected chi connectivity index (χ0v) is 10.6. The van der Waals surface area contributed by atoms with Crippen LogP contribution in [-0.2, 0) is 0 Å². The van der Waals surface area contributed by atoms with Crippen LogP contribution in [0.2, 0.25) is 5.02 Å². The average molecular weight is 270 g/mol. The summed E-state index contributed by atoms with van der Waals surface area (Å²) in [7, 11) is 0. The zero-order chi connectivity index (χ0) is 11.1. The Bertz CT molecular complexity index is 566. The number of fused-ring (bicyclic) bond motifs is 1. The Morgan fingerprint density at radius 1 is 1.50 bits per heavy atom. The lowest BCUT2D eigenvalue weighted by Crippen LogP contribution is -2.27. The number of anilines is 1. The molecular weight excluding hydrogens is 262 g/mol. The fraction of sp³-hybridized carbons (Fsp3) is 0.200. The fourth-order valence-corrected chi connectivity index (χ4v) is 3.27. The first-order valence-electron chi connectivity index (χ1n) is 4.85. The molecule has 0 atom stereocenters. The van der Waals surface area contributed by atoms with E-state index in [0.29, 0.717) is 0 Å². The van der Waals surface area contributed by atoms with Gasteiger partial charge in [0.05, 0.1) is 10.2 Å². The first-order chi connectivity index (χ1) is 7.74. The van der Waals surface area contributed by atoms with Crippen molar-refractivity contribution in [1.29, 1.82) is 0 Å². The molecule has 3 rings (SSSR count). The fourth-order valence-electron chi connectivity index (χ4n) is 1.66. The van der Waals surface area contributed by atoms with Gasteiger partial charge in [0.15, 0.2) is 10.2 Å². The number of thiazole rings is 1. The third-order valence-corrected chi connectivity index (χ3v) is 4.07. The monoisotopic (exact) mass is 269 g/mol. The summed E-state index contributed by atoms with van der Waals surface area (Å²) in [5, 5.41) is 5.55. The minimum Gasteiger partial charge on any atom is -0.360 e. The van der Waals surface area contributed by atoms with Crippen LogP contribution in [0.5, 0.6) is 0 Å². The largest absolute Gasteiger partial charge is 0.360 e. The van der Waals surface area contributed by atoms with Gasteiger partial charge in [-0.3, -0.25) is 4.90 Å². The molecule has 1 aliphatic rings. The summed E-state index contributed by atoms with van der Waals surface area (Å²) in [5.41, 5.74) is 0.971. The number of thiocarbonyl (C=S) groups is 1. The number of halogens is 1. The van der Waals surface area contributed by atoms with E-state index in [1.165, 1.54) is 0 Å². The maximum Gasteiger partial charge on any atom is 0.192 e. The molecule has 2 aromatic rings. The van der Waals surface area contributed by atoms with Gasteiger partial charge < -0.3 is 5.32 Å². The normalized spacial score (nSPS) is 15.8. The van der Waals surface area contributed by atoms with Gasteiger partial charge in [-0.2, -0.15) is 0 Å². The molecule has 0 spiro atoms. The number of hydrogen-bond acceptors (Lipinski definition) is 3. The number of nitrogens with one attached hydrogen (secondary N) is 1. The van der Waals surface area contributed by atoms with Gasteiger partial charge in [-0.25, -0.2) is 4.98 Å². The molecule has 0 radical (unpaired) electrons. The van der Waals surface area contributed by atoms with E-state index in [9.17, 15) is 0 Å². The topological polar surface area (TPSA) is 28.2 Å². The van der Waals surface area contributed by atoms with E-state index in [1.807, 2.05) is 23.1 Å². The highest BCUT2D eigenvalue weighted by atomic mass is 35.5. The van der Waals surface area contributed by atoms with E-state index in [2.05, 4.69) is 10.3 Å². The molecule has 0 saturated carbocycles. The molecule has 2 heterocycles. The second kappa shape index (κ2) is 3.84. The highest BCUT2D eigenvalue weighted by Gasteiger charge is 2.20. The average Bonchev–Trinajstić information content (AvgIpc) is 2.82. The first-order valence-corrected chi connectivity index (χ1v) is 6.46. The molecule has 0 aliphatic carbocycles. The van der Waals surface area contributed by atoms with Gasteiger partial charge in [0.2, 0.25) is 0 Å².